The molecule has 0 saturated heterocycles. The lowest BCUT2D eigenvalue weighted by molar-refractivity contribution is -0.123. The summed E-state index contributed by atoms with van der Waals surface area (Å²) in [6.45, 7) is 8.31. The van der Waals surface area contributed by atoms with Crippen LogP contribution in [0.25, 0.3) is 0 Å². The normalized spacial score (nSPS) is 11.0. The summed E-state index contributed by atoms with van der Waals surface area (Å²) in [4.78, 5) is 20.8. The first kappa shape index (κ1) is 18.8. The highest BCUT2D eigenvalue weighted by Crippen LogP contribution is 2.20. The predicted molar refractivity (Wildman–Crippen MR) is 94.0 cm³/mol. The van der Waals surface area contributed by atoms with Crippen molar-refractivity contribution in [2.45, 2.75) is 46.1 Å². The van der Waals surface area contributed by atoms with Gasteiger partial charge in [-0.2, -0.15) is 4.98 Å². The van der Waals surface area contributed by atoms with Gasteiger partial charge in [0.15, 0.2) is 6.61 Å². The van der Waals surface area contributed by atoms with E-state index >= 15 is 0 Å². The van der Waals surface area contributed by atoms with Gasteiger partial charge in [0.2, 0.25) is 5.88 Å². The molecule has 1 aromatic carbocycles. The number of halogens is 1. The summed E-state index contributed by atoms with van der Waals surface area (Å²) in [6, 6.07) is 7.75. The molecule has 25 heavy (non-hydrogen) atoms. The zero-order valence-corrected chi connectivity index (χ0v) is 15.0. The monoisotopic (exact) mass is 345 g/mol. The van der Waals surface area contributed by atoms with Gasteiger partial charge in [-0.15, -0.1) is 0 Å². The van der Waals surface area contributed by atoms with E-state index < -0.39 is 0 Å². The van der Waals surface area contributed by atoms with E-state index in [9.17, 15) is 9.18 Å². The number of aromatic nitrogens is 2. The van der Waals surface area contributed by atoms with Gasteiger partial charge in [0.05, 0.1) is 5.69 Å². The van der Waals surface area contributed by atoms with Crippen molar-refractivity contribution in [3.8, 4) is 5.88 Å². The third kappa shape index (κ3) is 5.81. The number of carbonyl (C=O) groups is 1. The summed E-state index contributed by atoms with van der Waals surface area (Å²) < 4.78 is 18.4. The molecule has 0 saturated carbocycles. The molecule has 6 heteroatoms. The van der Waals surface area contributed by atoms with Crippen LogP contribution in [0.2, 0.25) is 0 Å². The Hall–Kier alpha value is -2.50. The average molecular weight is 345 g/mol. The van der Waals surface area contributed by atoms with Crippen LogP contribution in [0.4, 0.5) is 4.39 Å². The van der Waals surface area contributed by atoms with Crippen LogP contribution in [0.3, 0.4) is 0 Å². The van der Waals surface area contributed by atoms with Crippen molar-refractivity contribution in [1.82, 2.24) is 15.3 Å². The Kier molecular flexibility index (Phi) is 6.44. The molecule has 0 aliphatic heterocycles. The number of ether oxygens (including phenoxy) is 1. The molecule has 134 valence electrons. The maximum Gasteiger partial charge on any atom is 0.258 e. The molecule has 2 rings (SSSR count). The van der Waals surface area contributed by atoms with E-state index in [1.807, 2.05) is 27.7 Å². The summed E-state index contributed by atoms with van der Waals surface area (Å²) in [7, 11) is 0. The Balaban J connectivity index is 1.93. The van der Waals surface area contributed by atoms with Crippen LogP contribution in [0.5, 0.6) is 5.88 Å². The van der Waals surface area contributed by atoms with E-state index in [0.29, 0.717) is 18.2 Å². The topological polar surface area (TPSA) is 64.1 Å². The molecule has 0 fully saturated rings. The van der Waals surface area contributed by atoms with Crippen molar-refractivity contribution in [2.75, 3.05) is 6.61 Å². The quantitative estimate of drug-likeness (QED) is 0.833. The Morgan fingerprint density at radius 1 is 1.12 bits per heavy atom. The minimum absolute atomic E-state index is 0.132. The number of hydrogen-bond acceptors (Lipinski definition) is 4. The average Bonchev–Trinajstić information content (AvgIpc) is 2.59. The van der Waals surface area contributed by atoms with Crippen LogP contribution in [0.1, 0.15) is 56.6 Å². The maximum absolute atomic E-state index is 12.9. The molecule has 0 aliphatic carbocycles. The Bertz CT molecular complexity index is 689. The first-order valence-electron chi connectivity index (χ1n) is 8.38. The highest BCUT2D eigenvalue weighted by Gasteiger charge is 2.12. The summed E-state index contributed by atoms with van der Waals surface area (Å²) in [5.74, 6) is 0.958. The number of amides is 1. The molecule has 0 spiro atoms. The summed E-state index contributed by atoms with van der Waals surface area (Å²) in [6.07, 6.45) is 0. The Morgan fingerprint density at radius 3 is 2.40 bits per heavy atom. The van der Waals surface area contributed by atoms with Crippen LogP contribution in [-0.2, 0) is 11.3 Å². The summed E-state index contributed by atoms with van der Waals surface area (Å²) in [5, 5.41) is 2.73. The van der Waals surface area contributed by atoms with Crippen molar-refractivity contribution in [2.24, 2.45) is 0 Å². The van der Waals surface area contributed by atoms with Crippen LogP contribution < -0.4 is 10.1 Å². The largest absolute Gasteiger partial charge is 0.467 e. The molecule has 0 bridgehead atoms. The number of carbonyl (C=O) groups excluding carboxylic acids is 1. The van der Waals surface area contributed by atoms with Crippen molar-refractivity contribution in [1.29, 1.82) is 0 Å². The smallest absolute Gasteiger partial charge is 0.258 e. The molecule has 1 N–H and O–H groups in total. The molecule has 0 unspecified atom stereocenters. The van der Waals surface area contributed by atoms with Gasteiger partial charge in [0.25, 0.3) is 5.91 Å². The third-order valence-corrected chi connectivity index (χ3v) is 3.60. The SMILES string of the molecule is CC(C)c1cc(OCC(=O)NCc2ccc(F)cc2)nc(C(C)C)n1. The first-order valence-corrected chi connectivity index (χ1v) is 8.38. The second kappa shape index (κ2) is 8.55. The summed E-state index contributed by atoms with van der Waals surface area (Å²) >= 11 is 0. The lowest BCUT2D eigenvalue weighted by Gasteiger charge is -2.13. The van der Waals surface area contributed by atoms with Crippen molar-refractivity contribution in [3.05, 3.63) is 53.2 Å². The van der Waals surface area contributed by atoms with Crippen LogP contribution in [-0.4, -0.2) is 22.5 Å². The van der Waals surface area contributed by atoms with Crippen LogP contribution >= 0.6 is 0 Å². The van der Waals surface area contributed by atoms with E-state index in [-0.39, 0.29) is 30.2 Å². The highest BCUT2D eigenvalue weighted by molar-refractivity contribution is 5.77. The minimum Gasteiger partial charge on any atom is -0.467 e. The van der Waals surface area contributed by atoms with Crippen LogP contribution in [0.15, 0.2) is 30.3 Å². The van der Waals surface area contributed by atoms with Gasteiger partial charge < -0.3 is 10.1 Å². The van der Waals surface area contributed by atoms with E-state index in [2.05, 4.69) is 15.3 Å². The molecule has 1 amide bonds. The van der Waals surface area contributed by atoms with Gasteiger partial charge in [-0.3, -0.25) is 4.79 Å². The number of nitrogens with zero attached hydrogens (tertiary/aromatic N) is 2. The molecular formula is C19H24FN3O2. The van der Waals surface area contributed by atoms with Crippen molar-refractivity contribution >= 4 is 5.91 Å². The fraction of sp³-hybridized carbons (Fsp3) is 0.421. The third-order valence-electron chi connectivity index (χ3n) is 3.60. The molecule has 0 radical (unpaired) electrons. The molecule has 2 aromatic rings. The summed E-state index contributed by atoms with van der Waals surface area (Å²) in [5.41, 5.74) is 1.71. The minimum atomic E-state index is -0.302. The van der Waals surface area contributed by atoms with E-state index in [4.69, 9.17) is 4.74 Å². The van der Waals surface area contributed by atoms with Gasteiger partial charge >= 0.3 is 0 Å². The van der Waals surface area contributed by atoms with Crippen molar-refractivity contribution < 1.29 is 13.9 Å². The Labute approximate surface area is 147 Å². The number of nitrogens with one attached hydrogen (secondary N) is 1. The fourth-order valence-corrected chi connectivity index (χ4v) is 2.08. The molecule has 0 atom stereocenters. The van der Waals surface area contributed by atoms with Gasteiger partial charge in [0.1, 0.15) is 11.6 Å². The molecule has 0 aliphatic rings. The number of benzene rings is 1. The van der Waals surface area contributed by atoms with Crippen molar-refractivity contribution in [3.63, 3.8) is 0 Å². The van der Waals surface area contributed by atoms with E-state index in [1.54, 1.807) is 18.2 Å². The second-order valence-electron chi connectivity index (χ2n) is 6.49. The molecule has 5 nitrogen and oxygen atoms in total. The molecule has 1 aromatic heterocycles. The van der Waals surface area contributed by atoms with Gasteiger partial charge in [0, 0.05) is 18.5 Å². The van der Waals surface area contributed by atoms with Gasteiger partial charge in [-0.1, -0.05) is 39.8 Å². The second-order valence-corrected chi connectivity index (χ2v) is 6.49. The number of rotatable bonds is 7. The lowest BCUT2D eigenvalue weighted by Crippen LogP contribution is -2.28. The zero-order chi connectivity index (χ0) is 18.4. The standard InChI is InChI=1S/C19H24FN3O2/c1-12(2)16-9-18(23-19(22-16)13(3)4)25-11-17(24)21-10-14-5-7-15(20)8-6-14/h5-9,12-13H,10-11H2,1-4H3,(H,21,24). The first-order chi connectivity index (χ1) is 11.8. The molecular weight excluding hydrogens is 321 g/mol. The van der Waals surface area contributed by atoms with Gasteiger partial charge in [-0.05, 0) is 23.6 Å². The van der Waals surface area contributed by atoms with E-state index in [1.165, 1.54) is 12.1 Å². The number of hydrogen-bond donors (Lipinski definition) is 1. The van der Waals surface area contributed by atoms with E-state index in [0.717, 1.165) is 11.3 Å². The zero-order valence-electron chi connectivity index (χ0n) is 15.0. The fourth-order valence-electron chi connectivity index (χ4n) is 2.08. The highest BCUT2D eigenvalue weighted by atomic mass is 19.1. The van der Waals surface area contributed by atoms with Gasteiger partial charge in [-0.25, -0.2) is 9.37 Å². The predicted octanol–water partition coefficient (Wildman–Crippen LogP) is 3.56. The Morgan fingerprint density at radius 2 is 1.80 bits per heavy atom. The van der Waals surface area contributed by atoms with Crippen LogP contribution in [0, 0.1) is 5.82 Å². The lowest BCUT2D eigenvalue weighted by atomic mass is 10.1. The molecule has 1 heterocycles. The maximum atomic E-state index is 12.9.